The Morgan fingerprint density at radius 3 is 2.50 bits per heavy atom. The van der Waals surface area contributed by atoms with Gasteiger partial charge in [0.2, 0.25) is 0 Å². The van der Waals surface area contributed by atoms with Crippen molar-refractivity contribution >= 4 is 50.7 Å². The van der Waals surface area contributed by atoms with E-state index in [0.717, 1.165) is 21.6 Å². The number of hydrogen-bond acceptors (Lipinski definition) is 5. The Hall–Kier alpha value is -3.16. The average Bonchev–Trinajstić information content (AvgIpc) is 3.30. The van der Waals surface area contributed by atoms with E-state index >= 15 is 0 Å². The summed E-state index contributed by atoms with van der Waals surface area (Å²) in [5, 5.41) is 9.03. The topological polar surface area (TPSA) is 73.2 Å². The van der Waals surface area contributed by atoms with Gasteiger partial charge in [0.1, 0.15) is 4.83 Å². The molecule has 30 heavy (non-hydrogen) atoms. The second-order valence-corrected chi connectivity index (χ2v) is 8.02. The standard InChI is InChI=1S/C22H18ClN3O3S/c1-3-29-22(28)14-4-8-16(9-5-14)24-20(27)19-12-18-13(2)25-26(21(18)30-19)17-10-6-15(23)7-11-17/h4-12H,3H2,1-2H3,(H,24,27). The van der Waals surface area contributed by atoms with Crippen molar-refractivity contribution in [2.75, 3.05) is 11.9 Å². The molecule has 1 amide bonds. The van der Waals surface area contributed by atoms with Gasteiger partial charge in [-0.05, 0) is 68.4 Å². The van der Waals surface area contributed by atoms with Crippen molar-refractivity contribution in [1.29, 1.82) is 0 Å². The highest BCUT2D eigenvalue weighted by Crippen LogP contribution is 2.31. The third kappa shape index (κ3) is 3.94. The number of ether oxygens (including phenoxy) is 1. The Morgan fingerprint density at radius 1 is 1.13 bits per heavy atom. The SMILES string of the molecule is CCOC(=O)c1ccc(NC(=O)c2cc3c(C)nn(-c4ccc(Cl)cc4)c3s2)cc1. The van der Waals surface area contributed by atoms with E-state index < -0.39 is 0 Å². The maximum absolute atomic E-state index is 12.8. The summed E-state index contributed by atoms with van der Waals surface area (Å²) in [6.45, 7) is 3.98. The molecule has 152 valence electrons. The van der Waals surface area contributed by atoms with Gasteiger partial charge < -0.3 is 10.1 Å². The lowest BCUT2D eigenvalue weighted by atomic mass is 10.2. The third-order valence-electron chi connectivity index (χ3n) is 4.49. The molecule has 6 nitrogen and oxygen atoms in total. The molecule has 2 heterocycles. The van der Waals surface area contributed by atoms with E-state index in [9.17, 15) is 9.59 Å². The molecular formula is C22H18ClN3O3S. The summed E-state index contributed by atoms with van der Waals surface area (Å²) >= 11 is 7.35. The number of nitrogens with zero attached hydrogens (tertiary/aromatic N) is 2. The number of anilines is 1. The van der Waals surface area contributed by atoms with Gasteiger partial charge in [-0.2, -0.15) is 5.10 Å². The molecule has 0 bridgehead atoms. The number of carbonyl (C=O) groups excluding carboxylic acids is 2. The van der Waals surface area contributed by atoms with Crippen molar-refractivity contribution in [3.05, 3.63) is 75.8 Å². The molecule has 2 aromatic carbocycles. The first-order chi connectivity index (χ1) is 14.5. The van der Waals surface area contributed by atoms with Crippen molar-refractivity contribution in [3.63, 3.8) is 0 Å². The van der Waals surface area contributed by atoms with Crippen molar-refractivity contribution in [2.24, 2.45) is 0 Å². The Kier molecular flexibility index (Phi) is 5.57. The normalized spacial score (nSPS) is 10.9. The summed E-state index contributed by atoms with van der Waals surface area (Å²) in [5.74, 6) is -0.607. The van der Waals surface area contributed by atoms with Gasteiger partial charge in [-0.3, -0.25) is 4.79 Å². The van der Waals surface area contributed by atoms with Crippen molar-refractivity contribution < 1.29 is 14.3 Å². The van der Waals surface area contributed by atoms with Crippen LogP contribution in [0.2, 0.25) is 5.02 Å². The molecule has 0 spiro atoms. The van der Waals surface area contributed by atoms with Crippen LogP contribution < -0.4 is 5.32 Å². The van der Waals surface area contributed by atoms with Crippen LogP contribution in [0.1, 0.15) is 32.6 Å². The summed E-state index contributed by atoms with van der Waals surface area (Å²) in [5.41, 5.74) is 2.76. The van der Waals surface area contributed by atoms with Crippen LogP contribution in [0, 0.1) is 6.92 Å². The lowest BCUT2D eigenvalue weighted by molar-refractivity contribution is 0.0526. The van der Waals surface area contributed by atoms with Gasteiger partial charge in [0.05, 0.1) is 28.4 Å². The number of esters is 1. The minimum absolute atomic E-state index is 0.220. The molecule has 4 aromatic rings. The zero-order valence-corrected chi connectivity index (χ0v) is 17.9. The molecule has 0 fully saturated rings. The molecule has 0 atom stereocenters. The van der Waals surface area contributed by atoms with Crippen LogP contribution in [0.5, 0.6) is 0 Å². The first-order valence-corrected chi connectivity index (χ1v) is 10.5. The van der Waals surface area contributed by atoms with Crippen molar-refractivity contribution in [3.8, 4) is 5.69 Å². The van der Waals surface area contributed by atoms with E-state index in [1.165, 1.54) is 11.3 Å². The predicted molar refractivity (Wildman–Crippen MR) is 119 cm³/mol. The van der Waals surface area contributed by atoms with Gasteiger partial charge >= 0.3 is 5.97 Å². The summed E-state index contributed by atoms with van der Waals surface area (Å²) in [7, 11) is 0. The number of benzene rings is 2. The molecule has 0 aliphatic rings. The van der Waals surface area contributed by atoms with E-state index in [2.05, 4.69) is 10.4 Å². The van der Waals surface area contributed by atoms with Crippen LogP contribution in [0.15, 0.2) is 54.6 Å². The zero-order chi connectivity index (χ0) is 21.3. The number of amides is 1. The van der Waals surface area contributed by atoms with Crippen molar-refractivity contribution in [2.45, 2.75) is 13.8 Å². The van der Waals surface area contributed by atoms with E-state index in [1.807, 2.05) is 29.8 Å². The van der Waals surface area contributed by atoms with Crippen LogP contribution in [-0.2, 0) is 4.74 Å². The second-order valence-electron chi connectivity index (χ2n) is 6.56. The predicted octanol–water partition coefficient (Wildman–Crippen LogP) is 5.48. The number of aromatic nitrogens is 2. The molecular weight excluding hydrogens is 422 g/mol. The van der Waals surface area contributed by atoms with Crippen LogP contribution in [0.4, 0.5) is 5.69 Å². The lowest BCUT2D eigenvalue weighted by Crippen LogP contribution is -2.10. The summed E-state index contributed by atoms with van der Waals surface area (Å²) in [6, 6.07) is 15.8. The quantitative estimate of drug-likeness (QED) is 0.418. The fourth-order valence-electron chi connectivity index (χ4n) is 3.01. The molecule has 0 saturated carbocycles. The number of thiophene rings is 1. The molecule has 0 saturated heterocycles. The van der Waals surface area contributed by atoms with Gasteiger partial charge in [0.25, 0.3) is 5.91 Å². The number of halogens is 1. The summed E-state index contributed by atoms with van der Waals surface area (Å²) < 4.78 is 6.78. The Bertz CT molecular complexity index is 1230. The minimum atomic E-state index is -0.387. The van der Waals surface area contributed by atoms with Gasteiger partial charge in [-0.1, -0.05) is 11.6 Å². The van der Waals surface area contributed by atoms with Crippen LogP contribution in [0.25, 0.3) is 15.9 Å². The first-order valence-electron chi connectivity index (χ1n) is 9.30. The van der Waals surface area contributed by atoms with Crippen LogP contribution >= 0.6 is 22.9 Å². The molecule has 2 aromatic heterocycles. The third-order valence-corrected chi connectivity index (χ3v) is 5.85. The molecule has 0 aliphatic carbocycles. The Morgan fingerprint density at radius 2 is 1.83 bits per heavy atom. The number of aryl methyl sites for hydroxylation is 1. The van der Waals surface area contributed by atoms with E-state index in [1.54, 1.807) is 43.3 Å². The van der Waals surface area contributed by atoms with E-state index in [0.29, 0.717) is 27.8 Å². The molecule has 8 heteroatoms. The van der Waals surface area contributed by atoms with Crippen LogP contribution in [0.3, 0.4) is 0 Å². The number of carbonyl (C=O) groups is 2. The summed E-state index contributed by atoms with van der Waals surface area (Å²) in [4.78, 5) is 26.0. The monoisotopic (exact) mass is 439 g/mol. The molecule has 1 N–H and O–H groups in total. The Balaban J connectivity index is 1.57. The first kappa shape index (κ1) is 20.1. The fraction of sp³-hybridized carbons (Fsp3) is 0.136. The second kappa shape index (κ2) is 8.30. The van der Waals surface area contributed by atoms with Gasteiger partial charge in [0, 0.05) is 16.1 Å². The molecule has 0 aliphatic heterocycles. The highest BCUT2D eigenvalue weighted by atomic mass is 35.5. The number of nitrogens with one attached hydrogen (secondary N) is 1. The molecule has 0 radical (unpaired) electrons. The van der Waals surface area contributed by atoms with E-state index in [-0.39, 0.29) is 11.9 Å². The van der Waals surface area contributed by atoms with Crippen molar-refractivity contribution in [1.82, 2.24) is 9.78 Å². The van der Waals surface area contributed by atoms with Crippen LogP contribution in [-0.4, -0.2) is 28.3 Å². The van der Waals surface area contributed by atoms with E-state index in [4.69, 9.17) is 16.3 Å². The largest absolute Gasteiger partial charge is 0.462 e. The van der Waals surface area contributed by atoms with Gasteiger partial charge in [-0.15, -0.1) is 11.3 Å². The Labute approximate surface area is 182 Å². The maximum atomic E-state index is 12.8. The summed E-state index contributed by atoms with van der Waals surface area (Å²) in [6.07, 6.45) is 0. The highest BCUT2D eigenvalue weighted by molar-refractivity contribution is 7.20. The smallest absolute Gasteiger partial charge is 0.338 e. The highest BCUT2D eigenvalue weighted by Gasteiger charge is 2.17. The lowest BCUT2D eigenvalue weighted by Gasteiger charge is -2.05. The van der Waals surface area contributed by atoms with Gasteiger partial charge in [0.15, 0.2) is 0 Å². The fourth-order valence-corrected chi connectivity index (χ4v) is 4.22. The molecule has 0 unspecified atom stereocenters. The molecule has 4 rings (SSSR count). The number of hydrogen-bond donors (Lipinski definition) is 1. The van der Waals surface area contributed by atoms with Gasteiger partial charge in [-0.25, -0.2) is 9.48 Å². The maximum Gasteiger partial charge on any atom is 0.338 e. The number of fused-ring (bicyclic) bond motifs is 1. The number of rotatable bonds is 5. The zero-order valence-electron chi connectivity index (χ0n) is 16.3. The minimum Gasteiger partial charge on any atom is -0.462 e. The average molecular weight is 440 g/mol.